The highest BCUT2D eigenvalue weighted by Crippen LogP contribution is 2.25. The molecule has 0 unspecified atom stereocenters. The normalized spacial score (nSPS) is 10.4. The molecule has 0 atom stereocenters. The molecule has 0 saturated carbocycles. The van der Waals surface area contributed by atoms with Gasteiger partial charge in [-0.3, -0.25) is 0 Å². The Morgan fingerprint density at radius 2 is 1.82 bits per heavy atom. The fraction of sp³-hybridized carbons (Fsp3) is 0.562. The summed E-state index contributed by atoms with van der Waals surface area (Å²) in [6.07, 6.45) is 0.933. The molecule has 0 saturated heterocycles. The molecular weight excluding hydrogens is 282 g/mol. The molecule has 0 heterocycles. The van der Waals surface area contributed by atoms with E-state index in [4.69, 9.17) is 9.47 Å². The Morgan fingerprint density at radius 1 is 1.14 bits per heavy atom. The Morgan fingerprint density at radius 3 is 2.45 bits per heavy atom. The van der Waals surface area contributed by atoms with Crippen molar-refractivity contribution in [2.24, 2.45) is 0 Å². The molecule has 1 aromatic rings. The second-order valence-electron chi connectivity index (χ2n) is 4.75. The van der Waals surface area contributed by atoms with Crippen LogP contribution in [0, 0.1) is 0 Å². The van der Waals surface area contributed by atoms with Gasteiger partial charge in [-0.1, -0.05) is 26.0 Å². The summed E-state index contributed by atoms with van der Waals surface area (Å²) in [5.74, 6) is 1.25. The van der Waals surface area contributed by atoms with Crippen molar-refractivity contribution in [3.63, 3.8) is 0 Å². The predicted octanol–water partition coefficient (Wildman–Crippen LogP) is 2.06. The zero-order chi connectivity index (χ0) is 16.2. The third kappa shape index (κ3) is 6.67. The number of methoxy groups -OCH3 is 1. The quantitative estimate of drug-likeness (QED) is 0.513. The minimum Gasteiger partial charge on any atom is -0.493 e. The number of urea groups is 1. The molecular formula is C16H27N3O3. The summed E-state index contributed by atoms with van der Waals surface area (Å²) < 4.78 is 10.6. The van der Waals surface area contributed by atoms with Gasteiger partial charge in [0.1, 0.15) is 0 Å². The smallest absolute Gasteiger partial charge is 0.317 e. The highest BCUT2D eigenvalue weighted by Gasteiger charge is 2.04. The number of rotatable bonds is 10. The van der Waals surface area contributed by atoms with Crippen molar-refractivity contribution in [1.29, 1.82) is 0 Å². The lowest BCUT2D eigenvalue weighted by Crippen LogP contribution is -2.39. The Labute approximate surface area is 132 Å². The molecule has 2 amide bonds. The van der Waals surface area contributed by atoms with Crippen LogP contribution < -0.4 is 20.1 Å². The third-order valence-electron chi connectivity index (χ3n) is 3.36. The molecule has 0 bridgehead atoms. The van der Waals surface area contributed by atoms with E-state index in [2.05, 4.69) is 29.4 Å². The van der Waals surface area contributed by atoms with Gasteiger partial charge in [0.05, 0.1) is 7.11 Å². The lowest BCUT2D eigenvalue weighted by Gasteiger charge is -2.17. The van der Waals surface area contributed by atoms with Crippen molar-refractivity contribution in [2.75, 3.05) is 40.0 Å². The van der Waals surface area contributed by atoms with Crippen LogP contribution in [0.25, 0.3) is 0 Å². The number of nitrogens with one attached hydrogen (secondary N) is 2. The Kier molecular flexibility index (Phi) is 8.83. The van der Waals surface area contributed by atoms with Gasteiger partial charge in [0.2, 0.25) is 0 Å². The van der Waals surface area contributed by atoms with Crippen LogP contribution in [0.3, 0.4) is 0 Å². The number of carbonyl (C=O) groups is 1. The third-order valence-corrected chi connectivity index (χ3v) is 3.36. The van der Waals surface area contributed by atoms with Gasteiger partial charge in [-0.25, -0.2) is 4.79 Å². The fourth-order valence-corrected chi connectivity index (χ4v) is 2.02. The van der Waals surface area contributed by atoms with Gasteiger partial charge in [-0.2, -0.15) is 0 Å². The molecule has 6 heteroatoms. The Hall–Kier alpha value is -1.95. The topological polar surface area (TPSA) is 62.8 Å². The van der Waals surface area contributed by atoms with Crippen molar-refractivity contribution < 1.29 is 14.3 Å². The van der Waals surface area contributed by atoms with Gasteiger partial charge in [-0.05, 0) is 38.2 Å². The maximum Gasteiger partial charge on any atom is 0.317 e. The number of hydrogen-bond acceptors (Lipinski definition) is 4. The molecule has 1 aromatic carbocycles. The number of benzene rings is 1. The standard InChI is InChI=1S/C16H27N3O3/c1-4-19(5-2)12-8-11-17-16(20)18-13-22-15-10-7-6-9-14(15)21-3/h6-7,9-10H,4-5,8,11-13H2,1-3H3,(H2,17,18,20). The molecule has 2 N–H and O–H groups in total. The zero-order valence-corrected chi connectivity index (χ0v) is 13.7. The van der Waals surface area contributed by atoms with Crippen LogP contribution in [0.2, 0.25) is 0 Å². The molecule has 0 radical (unpaired) electrons. The number of ether oxygens (including phenoxy) is 2. The summed E-state index contributed by atoms with van der Waals surface area (Å²) in [5, 5.41) is 5.47. The van der Waals surface area contributed by atoms with Gasteiger partial charge in [-0.15, -0.1) is 0 Å². The average molecular weight is 309 g/mol. The molecule has 6 nitrogen and oxygen atoms in total. The lowest BCUT2D eigenvalue weighted by atomic mass is 10.3. The van der Waals surface area contributed by atoms with Crippen molar-refractivity contribution >= 4 is 6.03 Å². The molecule has 22 heavy (non-hydrogen) atoms. The zero-order valence-electron chi connectivity index (χ0n) is 13.7. The molecule has 0 fully saturated rings. The first kappa shape index (κ1) is 18.1. The second kappa shape index (κ2) is 10.7. The average Bonchev–Trinajstić information content (AvgIpc) is 2.55. The van der Waals surface area contributed by atoms with Crippen LogP contribution in [0.15, 0.2) is 24.3 Å². The molecule has 1 rings (SSSR count). The first-order valence-corrected chi connectivity index (χ1v) is 7.71. The SMILES string of the molecule is CCN(CC)CCCNC(=O)NCOc1ccccc1OC. The van der Waals surface area contributed by atoms with E-state index in [-0.39, 0.29) is 12.8 Å². The van der Waals surface area contributed by atoms with Crippen LogP contribution in [-0.2, 0) is 0 Å². The largest absolute Gasteiger partial charge is 0.493 e. The van der Waals surface area contributed by atoms with Gasteiger partial charge in [0.15, 0.2) is 18.2 Å². The minimum atomic E-state index is -0.227. The highest BCUT2D eigenvalue weighted by molar-refractivity contribution is 5.73. The molecule has 0 aromatic heterocycles. The van der Waals surface area contributed by atoms with E-state index >= 15 is 0 Å². The Balaban J connectivity index is 2.16. The van der Waals surface area contributed by atoms with Crippen LogP contribution in [0.5, 0.6) is 11.5 Å². The molecule has 0 aliphatic carbocycles. The highest BCUT2D eigenvalue weighted by atomic mass is 16.5. The van der Waals surface area contributed by atoms with Gasteiger partial charge in [0, 0.05) is 6.54 Å². The maximum absolute atomic E-state index is 11.6. The molecule has 0 aliphatic rings. The van der Waals surface area contributed by atoms with Crippen LogP contribution in [-0.4, -0.2) is 51.0 Å². The van der Waals surface area contributed by atoms with E-state index in [0.717, 1.165) is 26.1 Å². The van der Waals surface area contributed by atoms with E-state index in [1.807, 2.05) is 18.2 Å². The summed E-state index contributed by atoms with van der Waals surface area (Å²) in [4.78, 5) is 13.9. The van der Waals surface area contributed by atoms with E-state index in [9.17, 15) is 4.79 Å². The summed E-state index contributed by atoms with van der Waals surface area (Å²) in [6.45, 7) is 8.09. The summed E-state index contributed by atoms with van der Waals surface area (Å²) in [5.41, 5.74) is 0. The maximum atomic E-state index is 11.6. The number of carbonyl (C=O) groups excluding carboxylic acids is 1. The van der Waals surface area contributed by atoms with E-state index in [1.54, 1.807) is 13.2 Å². The van der Waals surface area contributed by atoms with Gasteiger partial charge < -0.3 is 25.0 Å². The van der Waals surface area contributed by atoms with Gasteiger partial charge >= 0.3 is 6.03 Å². The minimum absolute atomic E-state index is 0.0995. The van der Waals surface area contributed by atoms with Crippen molar-refractivity contribution in [3.8, 4) is 11.5 Å². The number of hydrogen-bond donors (Lipinski definition) is 2. The first-order valence-electron chi connectivity index (χ1n) is 7.71. The van der Waals surface area contributed by atoms with Crippen LogP contribution >= 0.6 is 0 Å². The second-order valence-corrected chi connectivity index (χ2v) is 4.75. The monoisotopic (exact) mass is 309 g/mol. The summed E-state index contributed by atoms with van der Waals surface area (Å²) >= 11 is 0. The van der Waals surface area contributed by atoms with Crippen LogP contribution in [0.1, 0.15) is 20.3 Å². The number of nitrogens with zero attached hydrogens (tertiary/aromatic N) is 1. The van der Waals surface area contributed by atoms with E-state index in [0.29, 0.717) is 18.0 Å². The lowest BCUT2D eigenvalue weighted by molar-refractivity contribution is 0.220. The van der Waals surface area contributed by atoms with E-state index in [1.165, 1.54) is 0 Å². The van der Waals surface area contributed by atoms with Crippen molar-refractivity contribution in [1.82, 2.24) is 15.5 Å². The molecule has 124 valence electrons. The fourth-order valence-electron chi connectivity index (χ4n) is 2.02. The van der Waals surface area contributed by atoms with Crippen LogP contribution in [0.4, 0.5) is 4.79 Å². The first-order chi connectivity index (χ1) is 10.7. The predicted molar refractivity (Wildman–Crippen MR) is 87.4 cm³/mol. The molecule has 0 aliphatic heterocycles. The van der Waals surface area contributed by atoms with Crippen molar-refractivity contribution in [2.45, 2.75) is 20.3 Å². The number of amides is 2. The van der Waals surface area contributed by atoms with Crippen molar-refractivity contribution in [3.05, 3.63) is 24.3 Å². The number of para-hydroxylation sites is 2. The molecule has 0 spiro atoms. The van der Waals surface area contributed by atoms with Gasteiger partial charge in [0.25, 0.3) is 0 Å². The summed E-state index contributed by atoms with van der Waals surface area (Å²) in [6, 6.07) is 7.09. The summed E-state index contributed by atoms with van der Waals surface area (Å²) in [7, 11) is 1.58. The Bertz CT molecular complexity index is 436. The van der Waals surface area contributed by atoms with E-state index < -0.39 is 0 Å².